The van der Waals surface area contributed by atoms with Crippen LogP contribution in [0.2, 0.25) is 0 Å². The zero-order valence-corrected chi connectivity index (χ0v) is 48.6. The summed E-state index contributed by atoms with van der Waals surface area (Å²) in [6, 6.07) is -0.961. The number of amides is 4. The van der Waals surface area contributed by atoms with Gasteiger partial charge in [0.05, 0.1) is 51.7 Å². The zero-order valence-electron chi connectivity index (χ0n) is 49.6. The van der Waals surface area contributed by atoms with E-state index in [1.165, 1.54) is 34.7 Å². The van der Waals surface area contributed by atoms with E-state index in [2.05, 4.69) is 36.4 Å². The molecule has 0 saturated carbocycles. The van der Waals surface area contributed by atoms with Crippen LogP contribution in [0.4, 0.5) is 19.2 Å². The van der Waals surface area contributed by atoms with Gasteiger partial charge in [0.2, 0.25) is 0 Å². The van der Waals surface area contributed by atoms with Crippen LogP contribution >= 0.6 is 0 Å². The molecule has 23 heteroatoms. The molecule has 0 spiro atoms. The molecule has 21 nitrogen and oxygen atoms in total. The molecule has 6 saturated heterocycles. The number of esters is 1. The molecule has 447 valence electrons. The van der Waals surface area contributed by atoms with E-state index in [4.69, 9.17) is 49.5 Å². The van der Waals surface area contributed by atoms with E-state index in [1.54, 1.807) is 25.7 Å². The number of carbonyl (C=O) groups excluding carboxylic acids is 5. The molecule has 6 aliphatic rings. The van der Waals surface area contributed by atoms with Crippen LogP contribution < -0.4 is 29.9 Å². The van der Waals surface area contributed by atoms with Gasteiger partial charge in [0.1, 0.15) is 34.7 Å². The summed E-state index contributed by atoms with van der Waals surface area (Å²) in [4.78, 5) is 65.2. The molecule has 0 aromatic rings. The van der Waals surface area contributed by atoms with Gasteiger partial charge >= 0.3 is 49.2 Å². The van der Waals surface area contributed by atoms with Gasteiger partial charge in [-0.3, -0.25) is 24.9 Å². The third-order valence-corrected chi connectivity index (χ3v) is 10.7. The summed E-state index contributed by atoms with van der Waals surface area (Å²) in [5, 5.41) is 29.2. The van der Waals surface area contributed by atoms with Gasteiger partial charge in [0, 0.05) is 67.3 Å². The molecule has 1 unspecified atom stereocenters. The summed E-state index contributed by atoms with van der Waals surface area (Å²) in [6.45, 7) is 43.1. The average Bonchev–Trinajstić information content (AvgIpc) is 4.14. The zero-order chi connectivity index (χ0) is 56.8. The second-order valence-corrected chi connectivity index (χ2v) is 22.6. The van der Waals surface area contributed by atoms with Crippen LogP contribution in [-0.2, 0) is 38.0 Å². The van der Waals surface area contributed by atoms with Gasteiger partial charge in [-0.15, -0.1) is 0 Å². The Morgan fingerprint density at radius 3 is 1.24 bits per heavy atom. The molecular formula is C55H103BLiN6O15. The Balaban J connectivity index is -0.000000287. The molecule has 6 heterocycles. The summed E-state index contributed by atoms with van der Waals surface area (Å²) < 4.78 is 36.3. The first-order chi connectivity index (χ1) is 34.2. The Morgan fingerprint density at radius 2 is 0.936 bits per heavy atom. The Hall–Kier alpha value is -4.11. The number of aliphatic hydroxyl groups is 3. The topological polar surface area (TPSA) is 262 Å². The van der Waals surface area contributed by atoms with Crippen molar-refractivity contribution >= 4 is 38.8 Å². The van der Waals surface area contributed by atoms with Crippen molar-refractivity contribution in [3.63, 3.8) is 0 Å². The van der Waals surface area contributed by atoms with Gasteiger partial charge in [0.25, 0.3) is 0 Å². The maximum Gasteiger partial charge on any atom is 1.00 e. The van der Waals surface area contributed by atoms with Crippen LogP contribution in [0.1, 0.15) is 138 Å². The number of methoxy groups -OCH3 is 1. The Morgan fingerprint density at radius 1 is 0.603 bits per heavy atom. The van der Waals surface area contributed by atoms with Crippen LogP contribution in [0.25, 0.3) is 0 Å². The molecule has 4 amide bonds. The predicted octanol–water partition coefficient (Wildman–Crippen LogP) is 4.05. The van der Waals surface area contributed by atoms with Gasteiger partial charge in [-0.1, -0.05) is 63.5 Å². The van der Waals surface area contributed by atoms with Crippen molar-refractivity contribution in [3.8, 4) is 0 Å². The molecule has 0 aliphatic carbocycles. The number of hydrogen-bond donors (Lipinski definition) is 5. The summed E-state index contributed by atoms with van der Waals surface area (Å²) >= 11 is 0. The minimum atomic E-state index is -0.609. The smallest absolute Gasteiger partial charge is 1.00 e. The fraction of sp³-hybridized carbons (Fsp3) is 0.764. The third kappa shape index (κ3) is 31.6. The van der Waals surface area contributed by atoms with E-state index >= 15 is 0 Å². The van der Waals surface area contributed by atoms with E-state index < -0.39 is 40.5 Å². The average molecular weight is 1110 g/mol. The Labute approximate surface area is 484 Å². The number of likely N-dealkylation sites (tertiary alicyclic amines) is 4. The minimum absolute atomic E-state index is 0. The minimum Gasteiger partial charge on any atom is -1.00 e. The number of carbonyl (C=O) groups is 5. The number of rotatable bonds is 5. The van der Waals surface area contributed by atoms with Crippen molar-refractivity contribution in [2.45, 2.75) is 189 Å². The largest absolute Gasteiger partial charge is 1.00 e. The first-order valence-electron chi connectivity index (χ1n) is 25.4. The van der Waals surface area contributed by atoms with Gasteiger partial charge < -0.3 is 55.6 Å². The van der Waals surface area contributed by atoms with Gasteiger partial charge in [-0.25, -0.2) is 24.0 Å². The molecular weight excluding hydrogens is 1000 g/mol. The van der Waals surface area contributed by atoms with Crippen LogP contribution in [0, 0.1) is 0 Å². The molecule has 6 fully saturated rings. The number of nitrogens with zero attached hydrogens (tertiary/aromatic N) is 4. The van der Waals surface area contributed by atoms with E-state index in [9.17, 15) is 24.0 Å². The summed E-state index contributed by atoms with van der Waals surface area (Å²) in [5.41, 5.74) is 6.51. The van der Waals surface area contributed by atoms with E-state index in [-0.39, 0.29) is 106 Å². The van der Waals surface area contributed by atoms with Crippen molar-refractivity contribution in [1.29, 1.82) is 0 Å². The molecule has 6 aliphatic heterocycles. The van der Waals surface area contributed by atoms with E-state index in [1.807, 2.05) is 62.3 Å². The predicted molar refractivity (Wildman–Crippen MR) is 302 cm³/mol. The second kappa shape index (κ2) is 37.8. The Bertz CT molecular complexity index is 1800. The number of aliphatic hydroxyl groups excluding tert-OH is 3. The van der Waals surface area contributed by atoms with Crippen LogP contribution in [-0.4, -0.2) is 212 Å². The van der Waals surface area contributed by atoms with E-state index in [0.29, 0.717) is 58.6 Å². The summed E-state index contributed by atoms with van der Waals surface area (Å²) in [5.74, 6) is -0.436. The fourth-order valence-electron chi connectivity index (χ4n) is 7.63. The standard InChI is InChI=1S/C13H22N2O3.C12H19NO4.2C11H19NO3.C4H8O.C2H7NO.2CH4.B.Li.H/c1-9-7-10(11-14-5-6-17-11)15(8-9)12(16)18-13(2,3)4;1-8-6-9(10(14)16-5)13(7-8)11(15)17-12(2,3)4;2*1-8-5-9(7-13)12(6-8)10(14)15-11(2,3)4;1-2-4-5-3-1;3-1-2-4;;;;;/h10-11,14H,1,5-8H2,2-4H3;9H,1,6-7H2,2-5H3;2*9,13H,1,5-7H2,2-4H3;1-4H2;4H,1-3H2;2*1H4;;;/q;;;;;;;;;+1;-1/t10-,11?;3*9-;;;;;;;/m0000......./s1. The van der Waals surface area contributed by atoms with Gasteiger partial charge in [-0.05, 0) is 115 Å². The molecule has 0 aromatic heterocycles. The first kappa shape index (κ1) is 80.4. The van der Waals surface area contributed by atoms with Crippen molar-refractivity contribution in [1.82, 2.24) is 24.9 Å². The number of ether oxygens (including phenoxy) is 7. The van der Waals surface area contributed by atoms with Crippen LogP contribution in [0.15, 0.2) is 48.6 Å². The Kier molecular flexibility index (Phi) is 38.9. The van der Waals surface area contributed by atoms with Gasteiger partial charge in [0.15, 0.2) is 0 Å². The van der Waals surface area contributed by atoms with Gasteiger partial charge in [-0.2, -0.15) is 0 Å². The summed E-state index contributed by atoms with van der Waals surface area (Å²) in [6.07, 6.45) is 3.45. The molecule has 78 heavy (non-hydrogen) atoms. The maximum absolute atomic E-state index is 12.2. The first-order valence-corrected chi connectivity index (χ1v) is 25.4. The number of nitrogens with two attached hydrogens (primary N) is 1. The molecule has 0 aromatic carbocycles. The van der Waals surface area contributed by atoms with Crippen LogP contribution in [0.5, 0.6) is 0 Å². The fourth-order valence-corrected chi connectivity index (χ4v) is 7.63. The van der Waals surface area contributed by atoms with E-state index in [0.717, 1.165) is 48.5 Å². The van der Waals surface area contributed by atoms with Crippen molar-refractivity contribution < 1.29 is 92.7 Å². The molecule has 6 N–H and O–H groups in total. The monoisotopic (exact) mass is 1110 g/mol. The molecule has 5 atom stereocenters. The second-order valence-electron chi connectivity index (χ2n) is 22.6. The van der Waals surface area contributed by atoms with Crippen molar-refractivity contribution in [2.75, 3.05) is 86.0 Å². The quantitative estimate of drug-likeness (QED) is 0.113. The number of hydrogen-bond acceptors (Lipinski definition) is 17. The molecule has 6 rings (SSSR count). The summed E-state index contributed by atoms with van der Waals surface area (Å²) in [7, 11) is 1.30. The molecule has 0 bridgehead atoms. The SMILES string of the molecule is C.C.C1CCOC1.C=C1C[C@@H](C(=O)OC)N(C(=O)OC(C)(C)C)C1.C=C1C[C@@H](C2NCCO2)N(C(=O)OC(C)(C)C)C1.C=C1C[C@@H](CO)N(C(=O)OC(C)(C)C)C1.C=C1C[C@@H](CO)N(C(=O)OC(C)(C)C)C1.NCCO.[B].[H-].[Li+]. The third-order valence-electron chi connectivity index (χ3n) is 10.7. The molecule has 3 radical (unpaired) electrons. The van der Waals surface area contributed by atoms with Crippen molar-refractivity contribution in [3.05, 3.63) is 48.6 Å². The number of nitrogens with one attached hydrogen (secondary N) is 1. The van der Waals surface area contributed by atoms with Crippen LogP contribution in [0.3, 0.4) is 0 Å². The normalized spacial score (nSPS) is 21.5. The van der Waals surface area contributed by atoms with Crippen molar-refractivity contribution in [2.24, 2.45) is 5.73 Å². The maximum atomic E-state index is 12.2.